The summed E-state index contributed by atoms with van der Waals surface area (Å²) in [5, 5.41) is 8.86. The highest BCUT2D eigenvalue weighted by atomic mass is 32.1. The second-order valence-electron chi connectivity index (χ2n) is 6.18. The number of nitrogens with zero attached hydrogens (tertiary/aromatic N) is 4. The number of aromatic nitrogens is 4. The van der Waals surface area contributed by atoms with Gasteiger partial charge in [0.25, 0.3) is 5.91 Å². The van der Waals surface area contributed by atoms with Crippen LogP contribution in [0.3, 0.4) is 0 Å². The van der Waals surface area contributed by atoms with E-state index in [1.807, 2.05) is 44.5 Å². The number of carbonyl (C=O) groups is 1. The smallest absolute Gasteiger partial charge is 0.277 e. The summed E-state index contributed by atoms with van der Waals surface area (Å²) >= 11 is 3.12. The van der Waals surface area contributed by atoms with Crippen LogP contribution in [0.4, 0.5) is 5.13 Å². The Labute approximate surface area is 152 Å². The Hall–Kier alpha value is -2.32. The first kappa shape index (κ1) is 16.2. The monoisotopic (exact) mass is 371 g/mol. The molecule has 0 saturated carbocycles. The van der Waals surface area contributed by atoms with Crippen molar-refractivity contribution in [2.75, 3.05) is 5.32 Å². The van der Waals surface area contributed by atoms with Crippen LogP contribution < -0.4 is 5.32 Å². The van der Waals surface area contributed by atoms with Gasteiger partial charge in [-0.1, -0.05) is 11.3 Å². The molecule has 0 unspecified atom stereocenters. The van der Waals surface area contributed by atoms with Crippen molar-refractivity contribution in [1.29, 1.82) is 0 Å². The van der Waals surface area contributed by atoms with Crippen LogP contribution in [-0.4, -0.2) is 25.7 Å². The molecule has 0 bridgehead atoms. The van der Waals surface area contributed by atoms with Gasteiger partial charge in [0.15, 0.2) is 10.8 Å². The van der Waals surface area contributed by atoms with E-state index in [2.05, 4.69) is 20.4 Å². The fraction of sp³-hybridized carbons (Fsp3) is 0.294. The Morgan fingerprint density at radius 3 is 2.48 bits per heavy atom. The van der Waals surface area contributed by atoms with Gasteiger partial charge in [0.1, 0.15) is 0 Å². The van der Waals surface area contributed by atoms with Crippen molar-refractivity contribution in [3.8, 4) is 0 Å². The molecule has 6 nitrogen and oxygen atoms in total. The first-order valence-electron chi connectivity index (χ1n) is 7.96. The molecule has 4 aromatic rings. The summed E-state index contributed by atoms with van der Waals surface area (Å²) in [7, 11) is 0. The molecule has 0 radical (unpaired) electrons. The van der Waals surface area contributed by atoms with Crippen LogP contribution in [0, 0.1) is 13.8 Å². The zero-order valence-electron chi connectivity index (χ0n) is 14.3. The number of benzene rings is 1. The van der Waals surface area contributed by atoms with Crippen molar-refractivity contribution in [2.24, 2.45) is 0 Å². The molecule has 0 atom stereocenters. The van der Waals surface area contributed by atoms with Crippen LogP contribution in [0.1, 0.15) is 41.1 Å². The lowest BCUT2D eigenvalue weighted by molar-refractivity contribution is 0.102. The van der Waals surface area contributed by atoms with E-state index in [4.69, 9.17) is 0 Å². The van der Waals surface area contributed by atoms with Crippen molar-refractivity contribution in [3.05, 3.63) is 34.6 Å². The van der Waals surface area contributed by atoms with Crippen molar-refractivity contribution < 1.29 is 4.79 Å². The molecule has 128 valence electrons. The number of amides is 1. The maximum Gasteiger partial charge on any atom is 0.277 e. The number of carbonyl (C=O) groups excluding carboxylic acids is 1. The van der Waals surface area contributed by atoms with Crippen molar-refractivity contribution in [3.63, 3.8) is 0 Å². The van der Waals surface area contributed by atoms with E-state index in [9.17, 15) is 4.79 Å². The molecule has 1 amide bonds. The van der Waals surface area contributed by atoms with E-state index in [1.165, 1.54) is 11.3 Å². The van der Waals surface area contributed by atoms with E-state index in [1.54, 1.807) is 17.4 Å². The van der Waals surface area contributed by atoms with Gasteiger partial charge in [0, 0.05) is 11.7 Å². The first-order valence-corrected chi connectivity index (χ1v) is 9.60. The average molecular weight is 371 g/mol. The lowest BCUT2D eigenvalue weighted by atomic mass is 10.3. The number of hydrogen-bond acceptors (Lipinski definition) is 6. The summed E-state index contributed by atoms with van der Waals surface area (Å²) in [6, 6.07) is 5.93. The lowest BCUT2D eigenvalue weighted by Gasteiger charge is -2.06. The highest BCUT2D eigenvalue weighted by molar-refractivity contribution is 7.28. The van der Waals surface area contributed by atoms with Crippen LogP contribution in [0.15, 0.2) is 18.2 Å². The number of fused-ring (bicyclic) bond motifs is 3. The third-order valence-corrected chi connectivity index (χ3v) is 6.02. The Bertz CT molecular complexity index is 1110. The second-order valence-corrected chi connectivity index (χ2v) is 8.38. The summed E-state index contributed by atoms with van der Waals surface area (Å²) in [6.07, 6.45) is 0. The molecular formula is C17H17N5OS2. The number of nitrogens with one attached hydrogen (secondary N) is 1. The molecule has 25 heavy (non-hydrogen) atoms. The van der Waals surface area contributed by atoms with Crippen LogP contribution in [0.2, 0.25) is 0 Å². The van der Waals surface area contributed by atoms with Crippen LogP contribution in [0.25, 0.3) is 20.4 Å². The van der Waals surface area contributed by atoms with Gasteiger partial charge in [-0.2, -0.15) is 5.10 Å². The molecular weight excluding hydrogens is 354 g/mol. The SMILES string of the molecule is Cc1nc2ccc3nc(NC(=O)c4cc(C)n(C(C)C)n4)sc3c2s1. The third kappa shape index (κ3) is 2.81. The fourth-order valence-electron chi connectivity index (χ4n) is 2.82. The maximum absolute atomic E-state index is 12.5. The second kappa shape index (κ2) is 5.89. The highest BCUT2D eigenvalue weighted by Gasteiger charge is 2.17. The minimum Gasteiger partial charge on any atom is -0.296 e. The van der Waals surface area contributed by atoms with E-state index >= 15 is 0 Å². The largest absolute Gasteiger partial charge is 0.296 e. The van der Waals surface area contributed by atoms with Gasteiger partial charge in [0.2, 0.25) is 0 Å². The quantitative estimate of drug-likeness (QED) is 0.573. The Kier molecular flexibility index (Phi) is 3.81. The average Bonchev–Trinajstić information content (AvgIpc) is 3.21. The molecule has 3 heterocycles. The van der Waals surface area contributed by atoms with Gasteiger partial charge in [-0.25, -0.2) is 9.97 Å². The standard InChI is InChI=1S/C17H17N5OS2/c1-8(2)22-9(3)7-13(21-22)16(23)20-17-19-12-6-5-11-14(15(12)25-17)24-10(4)18-11/h5-8H,1-4H3,(H,19,20,23). The minimum atomic E-state index is -0.238. The Morgan fingerprint density at radius 2 is 1.80 bits per heavy atom. The molecule has 3 aromatic heterocycles. The van der Waals surface area contributed by atoms with Crippen LogP contribution in [0.5, 0.6) is 0 Å². The molecule has 1 N–H and O–H groups in total. The molecule has 1 aromatic carbocycles. The maximum atomic E-state index is 12.5. The van der Waals surface area contributed by atoms with Crippen molar-refractivity contribution in [1.82, 2.24) is 19.7 Å². The van der Waals surface area contributed by atoms with Gasteiger partial charge in [-0.3, -0.25) is 14.8 Å². The predicted octanol–water partition coefficient (Wildman–Crippen LogP) is 4.55. The number of aryl methyl sites for hydroxylation is 2. The highest BCUT2D eigenvalue weighted by Crippen LogP contribution is 2.35. The van der Waals surface area contributed by atoms with Crippen LogP contribution >= 0.6 is 22.7 Å². The van der Waals surface area contributed by atoms with Gasteiger partial charge in [-0.15, -0.1) is 11.3 Å². The van der Waals surface area contributed by atoms with Crippen molar-refractivity contribution in [2.45, 2.75) is 33.7 Å². The first-order chi connectivity index (χ1) is 11.9. The molecule has 4 rings (SSSR count). The van der Waals surface area contributed by atoms with Gasteiger partial charge in [0.05, 0.1) is 25.4 Å². The van der Waals surface area contributed by atoms with E-state index in [-0.39, 0.29) is 11.9 Å². The van der Waals surface area contributed by atoms with Gasteiger partial charge >= 0.3 is 0 Å². The minimum absolute atomic E-state index is 0.215. The predicted molar refractivity (Wildman–Crippen MR) is 103 cm³/mol. The van der Waals surface area contributed by atoms with Gasteiger partial charge < -0.3 is 0 Å². The molecule has 0 fully saturated rings. The topological polar surface area (TPSA) is 72.7 Å². The molecule has 0 spiro atoms. The fourth-order valence-corrected chi connectivity index (χ4v) is 4.82. The third-order valence-electron chi connectivity index (χ3n) is 3.88. The number of anilines is 1. The normalized spacial score (nSPS) is 11.7. The summed E-state index contributed by atoms with van der Waals surface area (Å²) in [6.45, 7) is 8.02. The number of thiazole rings is 2. The molecule has 0 aliphatic carbocycles. The Morgan fingerprint density at radius 1 is 1.12 bits per heavy atom. The number of hydrogen-bond donors (Lipinski definition) is 1. The summed E-state index contributed by atoms with van der Waals surface area (Å²) in [4.78, 5) is 21.6. The molecule has 0 aliphatic rings. The Balaban J connectivity index is 1.67. The summed E-state index contributed by atoms with van der Waals surface area (Å²) in [5.74, 6) is -0.238. The zero-order valence-corrected chi connectivity index (χ0v) is 16.0. The molecule has 0 saturated heterocycles. The number of rotatable bonds is 3. The van der Waals surface area contributed by atoms with E-state index in [0.717, 1.165) is 31.1 Å². The van der Waals surface area contributed by atoms with Crippen LogP contribution in [-0.2, 0) is 0 Å². The lowest BCUT2D eigenvalue weighted by Crippen LogP contribution is -2.13. The zero-order chi connectivity index (χ0) is 17.7. The summed E-state index contributed by atoms with van der Waals surface area (Å²) in [5.41, 5.74) is 3.22. The van der Waals surface area contributed by atoms with E-state index in [0.29, 0.717) is 10.8 Å². The summed E-state index contributed by atoms with van der Waals surface area (Å²) < 4.78 is 4.02. The molecule has 0 aliphatic heterocycles. The van der Waals surface area contributed by atoms with Gasteiger partial charge in [-0.05, 0) is 45.9 Å². The van der Waals surface area contributed by atoms with E-state index < -0.39 is 0 Å². The molecule has 8 heteroatoms. The van der Waals surface area contributed by atoms with Crippen molar-refractivity contribution >= 4 is 54.1 Å².